The Morgan fingerprint density at radius 2 is 2.39 bits per heavy atom. The molecule has 1 fully saturated rings. The Balaban J connectivity index is 1.64. The molecule has 0 unspecified atom stereocenters. The van der Waals surface area contributed by atoms with E-state index in [0.717, 1.165) is 25.9 Å². The van der Waals surface area contributed by atoms with Crippen LogP contribution in [0.15, 0.2) is 12.3 Å². The summed E-state index contributed by atoms with van der Waals surface area (Å²) in [5.41, 5.74) is 0. The third-order valence-electron chi connectivity index (χ3n) is 3.06. The van der Waals surface area contributed by atoms with Gasteiger partial charge >= 0.3 is 0 Å². The lowest BCUT2D eigenvalue weighted by Gasteiger charge is -2.22. The lowest BCUT2D eigenvalue weighted by Crippen LogP contribution is -2.33. The van der Waals surface area contributed by atoms with E-state index in [9.17, 15) is 4.79 Å². The van der Waals surface area contributed by atoms with Crippen LogP contribution in [-0.4, -0.2) is 41.5 Å². The van der Waals surface area contributed by atoms with E-state index in [0.29, 0.717) is 24.9 Å². The van der Waals surface area contributed by atoms with Crippen LogP contribution in [-0.2, 0) is 16.6 Å². The summed E-state index contributed by atoms with van der Waals surface area (Å²) >= 11 is 0. The van der Waals surface area contributed by atoms with Crippen molar-refractivity contribution in [1.82, 2.24) is 15.1 Å². The second-order valence-corrected chi connectivity index (χ2v) is 4.46. The van der Waals surface area contributed by atoms with Crippen molar-refractivity contribution in [2.75, 3.05) is 25.0 Å². The molecule has 0 aliphatic carbocycles. The highest BCUT2D eigenvalue weighted by Crippen LogP contribution is 2.08. The lowest BCUT2D eigenvalue weighted by atomic mass is 10.1. The van der Waals surface area contributed by atoms with Crippen molar-refractivity contribution in [3.05, 3.63) is 12.3 Å². The van der Waals surface area contributed by atoms with Gasteiger partial charge in [0, 0.05) is 13.1 Å². The van der Waals surface area contributed by atoms with Crippen molar-refractivity contribution in [3.8, 4) is 0 Å². The number of amides is 1. The molecule has 1 saturated heterocycles. The van der Waals surface area contributed by atoms with Crippen LogP contribution >= 0.6 is 0 Å². The Bertz CT molecular complexity index is 385. The Morgan fingerprint density at radius 1 is 1.61 bits per heavy atom. The van der Waals surface area contributed by atoms with E-state index >= 15 is 0 Å². The molecule has 2 N–H and O–H groups in total. The van der Waals surface area contributed by atoms with E-state index in [1.54, 1.807) is 24.0 Å². The second-order valence-electron chi connectivity index (χ2n) is 4.46. The fourth-order valence-electron chi connectivity index (χ4n) is 1.98. The minimum atomic E-state index is -0.0347. The summed E-state index contributed by atoms with van der Waals surface area (Å²) < 4.78 is 7.31. The molecule has 2 rings (SSSR count). The molecule has 100 valence electrons. The largest absolute Gasteiger partial charge is 0.378 e. The number of anilines is 1. The molecular weight excluding hydrogens is 232 g/mol. The smallest absolute Gasteiger partial charge is 0.227 e. The maximum absolute atomic E-state index is 11.7. The molecule has 18 heavy (non-hydrogen) atoms. The van der Waals surface area contributed by atoms with Gasteiger partial charge in [-0.3, -0.25) is 9.48 Å². The lowest BCUT2D eigenvalue weighted by molar-refractivity contribution is -0.117. The zero-order valence-electron chi connectivity index (χ0n) is 10.7. The predicted octanol–water partition coefficient (Wildman–Crippen LogP) is 0.517. The van der Waals surface area contributed by atoms with Crippen LogP contribution in [0.4, 0.5) is 5.82 Å². The van der Waals surface area contributed by atoms with Gasteiger partial charge in [-0.1, -0.05) is 0 Å². The number of carbonyl (C=O) groups excluding carboxylic acids is 1. The van der Waals surface area contributed by atoms with E-state index < -0.39 is 0 Å². The Kier molecular flexibility index (Phi) is 4.72. The molecule has 0 saturated carbocycles. The van der Waals surface area contributed by atoms with Crippen molar-refractivity contribution in [2.45, 2.75) is 25.4 Å². The minimum Gasteiger partial charge on any atom is -0.378 e. The number of aromatic nitrogens is 2. The number of hydrogen-bond donors (Lipinski definition) is 2. The van der Waals surface area contributed by atoms with Crippen LogP contribution in [0.3, 0.4) is 0 Å². The molecular formula is C12H20N4O2. The molecule has 1 aromatic rings. The molecule has 0 spiro atoms. The summed E-state index contributed by atoms with van der Waals surface area (Å²) in [7, 11) is 1.79. The molecule has 1 aromatic heterocycles. The van der Waals surface area contributed by atoms with Crippen molar-refractivity contribution in [1.29, 1.82) is 0 Å². The summed E-state index contributed by atoms with van der Waals surface area (Å²) in [6, 6.07) is 1.77. The Morgan fingerprint density at radius 3 is 3.06 bits per heavy atom. The first-order valence-corrected chi connectivity index (χ1v) is 6.36. The third-order valence-corrected chi connectivity index (χ3v) is 3.06. The quantitative estimate of drug-likeness (QED) is 0.801. The van der Waals surface area contributed by atoms with E-state index in [1.807, 2.05) is 0 Å². The number of aryl methyl sites for hydroxylation is 1. The number of rotatable bonds is 5. The van der Waals surface area contributed by atoms with Gasteiger partial charge in [-0.25, -0.2) is 0 Å². The first-order chi connectivity index (χ1) is 8.75. The van der Waals surface area contributed by atoms with Crippen LogP contribution in [0.1, 0.15) is 19.3 Å². The minimum absolute atomic E-state index is 0.0347. The molecule has 0 atom stereocenters. The maximum Gasteiger partial charge on any atom is 0.227 e. The van der Waals surface area contributed by atoms with Gasteiger partial charge < -0.3 is 15.4 Å². The van der Waals surface area contributed by atoms with Crippen LogP contribution in [0.5, 0.6) is 0 Å². The molecule has 1 amide bonds. The molecule has 2 heterocycles. The van der Waals surface area contributed by atoms with Crippen LogP contribution in [0.2, 0.25) is 0 Å². The Labute approximate surface area is 107 Å². The van der Waals surface area contributed by atoms with Crippen molar-refractivity contribution in [2.24, 2.45) is 7.05 Å². The fourth-order valence-corrected chi connectivity index (χ4v) is 1.98. The Hall–Kier alpha value is -1.40. The van der Waals surface area contributed by atoms with Gasteiger partial charge in [0.05, 0.1) is 25.3 Å². The first-order valence-electron chi connectivity index (χ1n) is 6.36. The van der Waals surface area contributed by atoms with Gasteiger partial charge in [0.15, 0.2) is 0 Å². The number of carbonyl (C=O) groups is 1. The molecule has 0 aromatic carbocycles. The average Bonchev–Trinajstić information content (AvgIpc) is 2.76. The second kappa shape index (κ2) is 6.51. The topological polar surface area (TPSA) is 68.2 Å². The standard InChI is InChI=1S/C12H20N4O2/c1-16-11(4-8-14-16)15-12(17)5-9-18-10-2-6-13-7-3-10/h4,8,10,13H,2-3,5-7,9H2,1H3,(H,15,17). The molecule has 6 nitrogen and oxygen atoms in total. The van der Waals surface area contributed by atoms with Crippen molar-refractivity contribution in [3.63, 3.8) is 0 Å². The number of nitrogens with zero attached hydrogens (tertiary/aromatic N) is 2. The van der Waals surface area contributed by atoms with Gasteiger partial charge in [0.2, 0.25) is 5.91 Å². The SMILES string of the molecule is Cn1nccc1NC(=O)CCOC1CCNCC1. The number of hydrogen-bond acceptors (Lipinski definition) is 4. The van der Waals surface area contributed by atoms with Gasteiger partial charge in [0.1, 0.15) is 5.82 Å². The van der Waals surface area contributed by atoms with Gasteiger partial charge in [-0.15, -0.1) is 0 Å². The molecule has 0 radical (unpaired) electrons. The summed E-state index contributed by atoms with van der Waals surface area (Å²) in [5, 5.41) is 10.1. The van der Waals surface area contributed by atoms with Crippen molar-refractivity contribution < 1.29 is 9.53 Å². The average molecular weight is 252 g/mol. The fraction of sp³-hybridized carbons (Fsp3) is 0.667. The number of ether oxygens (including phenoxy) is 1. The highest BCUT2D eigenvalue weighted by Gasteiger charge is 2.13. The summed E-state index contributed by atoms with van der Waals surface area (Å²) in [6.45, 7) is 2.49. The third kappa shape index (κ3) is 3.82. The molecule has 0 bridgehead atoms. The van der Waals surface area contributed by atoms with Crippen molar-refractivity contribution >= 4 is 11.7 Å². The van der Waals surface area contributed by atoms with Gasteiger partial charge in [-0.2, -0.15) is 5.10 Å². The predicted molar refractivity (Wildman–Crippen MR) is 68.3 cm³/mol. The maximum atomic E-state index is 11.7. The zero-order chi connectivity index (χ0) is 12.8. The highest BCUT2D eigenvalue weighted by atomic mass is 16.5. The van der Waals surface area contributed by atoms with E-state index in [1.165, 1.54) is 0 Å². The first kappa shape index (κ1) is 13.0. The van der Waals surface area contributed by atoms with E-state index in [2.05, 4.69) is 15.7 Å². The van der Waals surface area contributed by atoms with Crippen LogP contribution in [0, 0.1) is 0 Å². The van der Waals surface area contributed by atoms with Crippen LogP contribution < -0.4 is 10.6 Å². The zero-order valence-corrected chi connectivity index (χ0v) is 10.7. The monoisotopic (exact) mass is 252 g/mol. The van der Waals surface area contributed by atoms with E-state index in [4.69, 9.17) is 4.74 Å². The molecule has 1 aliphatic heterocycles. The van der Waals surface area contributed by atoms with Gasteiger partial charge in [0.25, 0.3) is 0 Å². The summed E-state index contributed by atoms with van der Waals surface area (Å²) in [6.07, 6.45) is 4.40. The number of nitrogens with one attached hydrogen (secondary N) is 2. The summed E-state index contributed by atoms with van der Waals surface area (Å²) in [5.74, 6) is 0.675. The number of piperidine rings is 1. The summed E-state index contributed by atoms with van der Waals surface area (Å²) in [4.78, 5) is 11.7. The van der Waals surface area contributed by atoms with Gasteiger partial charge in [-0.05, 0) is 25.9 Å². The van der Waals surface area contributed by atoms with Crippen LogP contribution in [0.25, 0.3) is 0 Å². The molecule has 6 heteroatoms. The molecule has 1 aliphatic rings. The normalized spacial score (nSPS) is 16.7. The highest BCUT2D eigenvalue weighted by molar-refractivity contribution is 5.89. The van der Waals surface area contributed by atoms with E-state index in [-0.39, 0.29) is 5.91 Å².